The molecule has 4 rings (SSSR count). The topological polar surface area (TPSA) is 0 Å². The fourth-order valence-electron chi connectivity index (χ4n) is 2.90. The summed E-state index contributed by atoms with van der Waals surface area (Å²) in [5.41, 5.74) is 0. The largest absolute Gasteiger partial charge is 0.207 e. The van der Waals surface area contributed by atoms with Gasteiger partial charge in [-0.2, -0.15) is 0 Å². The summed E-state index contributed by atoms with van der Waals surface area (Å²) >= 11 is 3.52. The van der Waals surface area contributed by atoms with E-state index >= 15 is 0 Å². The standard InChI is InChI=1S/C18H10BrF/c19-11-5-7-15-13-3-1-2-4-14(13)18-10-12(20)6-8-16(18)17(15)9-11/h1-10H. The van der Waals surface area contributed by atoms with E-state index in [9.17, 15) is 4.39 Å². The van der Waals surface area contributed by atoms with Crippen LogP contribution in [0, 0.1) is 5.82 Å². The highest BCUT2D eigenvalue weighted by Crippen LogP contribution is 2.36. The zero-order valence-electron chi connectivity index (χ0n) is 10.5. The highest BCUT2D eigenvalue weighted by atomic mass is 79.9. The molecule has 0 saturated heterocycles. The van der Waals surface area contributed by atoms with Crippen molar-refractivity contribution < 1.29 is 4.39 Å². The van der Waals surface area contributed by atoms with Crippen molar-refractivity contribution in [2.24, 2.45) is 0 Å². The van der Waals surface area contributed by atoms with Crippen molar-refractivity contribution in [1.82, 2.24) is 0 Å². The quantitative estimate of drug-likeness (QED) is 0.345. The normalized spacial score (nSPS) is 11.5. The highest BCUT2D eigenvalue weighted by molar-refractivity contribution is 9.10. The van der Waals surface area contributed by atoms with Crippen molar-refractivity contribution in [3.8, 4) is 0 Å². The molecule has 0 atom stereocenters. The second-order valence-corrected chi connectivity index (χ2v) is 5.84. The fraction of sp³-hybridized carbons (Fsp3) is 0. The summed E-state index contributed by atoms with van der Waals surface area (Å²) in [5, 5.41) is 6.65. The molecule has 0 fully saturated rings. The van der Waals surface area contributed by atoms with Crippen molar-refractivity contribution >= 4 is 48.2 Å². The van der Waals surface area contributed by atoms with E-state index in [1.165, 1.54) is 11.5 Å². The monoisotopic (exact) mass is 324 g/mol. The molecule has 4 aromatic carbocycles. The first kappa shape index (κ1) is 11.9. The average Bonchev–Trinajstić information content (AvgIpc) is 2.47. The van der Waals surface area contributed by atoms with Gasteiger partial charge in [-0.25, -0.2) is 4.39 Å². The van der Waals surface area contributed by atoms with E-state index in [2.05, 4.69) is 40.2 Å². The number of fused-ring (bicyclic) bond motifs is 6. The zero-order chi connectivity index (χ0) is 13.7. The molecule has 0 spiro atoms. The van der Waals surface area contributed by atoms with Crippen LogP contribution >= 0.6 is 15.9 Å². The molecule has 2 heteroatoms. The van der Waals surface area contributed by atoms with Gasteiger partial charge in [-0.05, 0) is 56.6 Å². The van der Waals surface area contributed by atoms with Crippen molar-refractivity contribution in [2.45, 2.75) is 0 Å². The lowest BCUT2D eigenvalue weighted by molar-refractivity contribution is 0.630. The van der Waals surface area contributed by atoms with E-state index in [0.29, 0.717) is 0 Å². The van der Waals surface area contributed by atoms with E-state index in [4.69, 9.17) is 0 Å². The summed E-state index contributed by atoms with van der Waals surface area (Å²) in [5.74, 6) is -0.197. The van der Waals surface area contributed by atoms with E-state index in [1.54, 1.807) is 6.07 Å². The van der Waals surface area contributed by atoms with Gasteiger partial charge in [-0.3, -0.25) is 0 Å². The lowest BCUT2D eigenvalue weighted by atomic mass is 9.94. The predicted molar refractivity (Wildman–Crippen MR) is 86.6 cm³/mol. The van der Waals surface area contributed by atoms with Crippen LogP contribution in [0.4, 0.5) is 4.39 Å². The predicted octanol–water partition coefficient (Wildman–Crippen LogP) is 6.05. The Labute approximate surface area is 124 Å². The first-order valence-corrected chi connectivity index (χ1v) is 7.22. The summed E-state index contributed by atoms with van der Waals surface area (Å²) in [4.78, 5) is 0. The molecule has 0 radical (unpaired) electrons. The highest BCUT2D eigenvalue weighted by Gasteiger charge is 2.09. The molecule has 4 aromatic rings. The van der Waals surface area contributed by atoms with E-state index in [0.717, 1.165) is 31.4 Å². The minimum atomic E-state index is -0.197. The van der Waals surface area contributed by atoms with Gasteiger partial charge in [-0.15, -0.1) is 0 Å². The van der Waals surface area contributed by atoms with Gasteiger partial charge in [-0.1, -0.05) is 52.3 Å². The summed E-state index contributed by atoms with van der Waals surface area (Å²) in [7, 11) is 0. The molecule has 0 aliphatic rings. The second kappa shape index (κ2) is 4.29. The fourth-order valence-corrected chi connectivity index (χ4v) is 3.26. The molecule has 0 unspecified atom stereocenters. The Kier molecular flexibility index (Phi) is 2.54. The number of rotatable bonds is 0. The van der Waals surface area contributed by atoms with Gasteiger partial charge in [0.05, 0.1) is 0 Å². The lowest BCUT2D eigenvalue weighted by Gasteiger charge is -2.10. The maximum absolute atomic E-state index is 13.6. The van der Waals surface area contributed by atoms with Crippen molar-refractivity contribution in [2.75, 3.05) is 0 Å². The molecule has 0 N–H and O–H groups in total. The van der Waals surface area contributed by atoms with Gasteiger partial charge in [0.25, 0.3) is 0 Å². The van der Waals surface area contributed by atoms with Gasteiger partial charge in [0.1, 0.15) is 5.82 Å². The number of benzene rings is 4. The molecule has 96 valence electrons. The van der Waals surface area contributed by atoms with Crippen LogP contribution in [0.15, 0.2) is 65.1 Å². The van der Waals surface area contributed by atoms with Gasteiger partial charge in [0, 0.05) is 4.47 Å². The number of hydrogen-bond acceptors (Lipinski definition) is 0. The van der Waals surface area contributed by atoms with E-state index < -0.39 is 0 Å². The van der Waals surface area contributed by atoms with Crippen molar-refractivity contribution in [3.63, 3.8) is 0 Å². The molecular weight excluding hydrogens is 315 g/mol. The first-order chi connectivity index (χ1) is 9.74. The average molecular weight is 325 g/mol. The molecule has 0 aliphatic heterocycles. The summed E-state index contributed by atoms with van der Waals surface area (Å²) < 4.78 is 14.7. The second-order valence-electron chi connectivity index (χ2n) is 4.93. The third-order valence-corrected chi connectivity index (χ3v) is 4.25. The maximum Gasteiger partial charge on any atom is 0.123 e. The van der Waals surface area contributed by atoms with Gasteiger partial charge in [0.2, 0.25) is 0 Å². The lowest BCUT2D eigenvalue weighted by Crippen LogP contribution is -1.84. The van der Waals surface area contributed by atoms with Crippen LogP contribution < -0.4 is 0 Å². The van der Waals surface area contributed by atoms with Crippen LogP contribution in [0.2, 0.25) is 0 Å². The maximum atomic E-state index is 13.6. The SMILES string of the molecule is Fc1ccc2c(c1)c1ccccc1c1ccc(Br)cc12. The summed E-state index contributed by atoms with van der Waals surface area (Å²) in [6.07, 6.45) is 0. The molecule has 0 nitrogen and oxygen atoms in total. The minimum absolute atomic E-state index is 0.197. The van der Waals surface area contributed by atoms with Crippen molar-refractivity contribution in [3.05, 3.63) is 71.0 Å². The Bertz CT molecular complexity index is 935. The Balaban J connectivity index is 2.40. The van der Waals surface area contributed by atoms with Crippen LogP contribution in [0.5, 0.6) is 0 Å². The number of hydrogen-bond donors (Lipinski definition) is 0. The molecule has 0 saturated carbocycles. The Morgan fingerprint density at radius 1 is 0.600 bits per heavy atom. The van der Waals surface area contributed by atoms with Gasteiger partial charge >= 0.3 is 0 Å². The van der Waals surface area contributed by atoms with Crippen LogP contribution in [-0.2, 0) is 0 Å². The third kappa shape index (κ3) is 1.65. The van der Waals surface area contributed by atoms with Crippen molar-refractivity contribution in [1.29, 1.82) is 0 Å². The third-order valence-electron chi connectivity index (χ3n) is 3.76. The zero-order valence-corrected chi connectivity index (χ0v) is 12.1. The van der Waals surface area contributed by atoms with Crippen LogP contribution in [-0.4, -0.2) is 0 Å². The number of halogens is 2. The Morgan fingerprint density at radius 2 is 1.15 bits per heavy atom. The van der Waals surface area contributed by atoms with Gasteiger partial charge in [0.15, 0.2) is 0 Å². The molecule has 0 bridgehead atoms. The Hall–Kier alpha value is -1.93. The molecule has 0 amide bonds. The van der Waals surface area contributed by atoms with Crippen LogP contribution in [0.3, 0.4) is 0 Å². The first-order valence-electron chi connectivity index (χ1n) is 6.43. The summed E-state index contributed by atoms with van der Waals surface area (Å²) in [6.45, 7) is 0. The molecule has 0 aromatic heterocycles. The molecular formula is C18H10BrF. The van der Waals surface area contributed by atoms with Crippen LogP contribution in [0.25, 0.3) is 32.3 Å². The molecule has 0 heterocycles. The Morgan fingerprint density at radius 3 is 1.95 bits per heavy atom. The smallest absolute Gasteiger partial charge is 0.123 e. The molecule has 20 heavy (non-hydrogen) atoms. The molecule has 0 aliphatic carbocycles. The van der Waals surface area contributed by atoms with E-state index in [1.807, 2.05) is 24.3 Å². The van der Waals surface area contributed by atoms with Crippen LogP contribution in [0.1, 0.15) is 0 Å². The minimum Gasteiger partial charge on any atom is -0.207 e. The van der Waals surface area contributed by atoms with Gasteiger partial charge < -0.3 is 0 Å². The van der Waals surface area contributed by atoms with E-state index in [-0.39, 0.29) is 5.82 Å². The summed E-state index contributed by atoms with van der Waals surface area (Å²) in [6, 6.07) is 19.4.